The molecule has 1 unspecified atom stereocenters. The van der Waals surface area contributed by atoms with Gasteiger partial charge in [0.05, 0.1) is 12.7 Å². The van der Waals surface area contributed by atoms with Crippen LogP contribution >= 0.6 is 0 Å². The average molecular weight is 234 g/mol. The fraction of sp³-hybridized carbons (Fsp3) is 0.400. The molecular weight excluding hydrogens is 225 g/mol. The van der Waals surface area contributed by atoms with Crippen LogP contribution in [-0.2, 0) is 0 Å². The molecule has 1 aromatic rings. The van der Waals surface area contributed by atoms with Gasteiger partial charge in [0, 0.05) is 12.0 Å². The number of hydrogen-bond donors (Lipinski definition) is 1. The molecule has 0 saturated carbocycles. The number of para-hydroxylation sites is 1. The highest BCUT2D eigenvalue weighted by Gasteiger charge is 2.34. The minimum Gasteiger partial charge on any atom is -0.489 e. The van der Waals surface area contributed by atoms with Crippen molar-refractivity contribution in [3.05, 3.63) is 23.8 Å². The van der Waals surface area contributed by atoms with Crippen LogP contribution in [0.15, 0.2) is 18.2 Å². The highest BCUT2D eigenvalue weighted by molar-refractivity contribution is 5.48. The number of aliphatic hydroxyl groups is 1. The smallest absolute Gasteiger partial charge is 0.489 e. The molecule has 0 fully saturated rings. The Morgan fingerprint density at radius 2 is 2.12 bits per heavy atom. The molecule has 0 aromatic heterocycles. The van der Waals surface area contributed by atoms with E-state index in [0.717, 1.165) is 6.07 Å². The summed E-state index contributed by atoms with van der Waals surface area (Å²) >= 11 is 0. The number of aliphatic hydroxyl groups excluding tert-OH is 1. The summed E-state index contributed by atoms with van der Waals surface area (Å²) in [7, 11) is 0. The lowest BCUT2D eigenvalue weighted by atomic mass is 10.0. The maximum Gasteiger partial charge on any atom is 0.573 e. The molecule has 0 bridgehead atoms. The van der Waals surface area contributed by atoms with Gasteiger partial charge >= 0.3 is 6.36 Å². The fourth-order valence-electron chi connectivity index (χ4n) is 1.58. The number of ether oxygens (including phenoxy) is 2. The van der Waals surface area contributed by atoms with Crippen LogP contribution in [0.1, 0.15) is 18.1 Å². The van der Waals surface area contributed by atoms with Crippen molar-refractivity contribution in [1.82, 2.24) is 0 Å². The molecule has 6 heteroatoms. The molecule has 1 atom stereocenters. The molecule has 1 aliphatic rings. The van der Waals surface area contributed by atoms with Gasteiger partial charge in [-0.3, -0.25) is 0 Å². The quantitative estimate of drug-likeness (QED) is 0.810. The third-order valence-corrected chi connectivity index (χ3v) is 2.23. The van der Waals surface area contributed by atoms with E-state index in [1.807, 2.05) is 0 Å². The zero-order valence-electron chi connectivity index (χ0n) is 8.12. The number of hydrogen-bond acceptors (Lipinski definition) is 3. The Hall–Kier alpha value is -1.43. The van der Waals surface area contributed by atoms with Gasteiger partial charge in [-0.2, -0.15) is 0 Å². The molecule has 1 heterocycles. The number of rotatable bonds is 1. The van der Waals surface area contributed by atoms with Crippen molar-refractivity contribution < 1.29 is 27.8 Å². The van der Waals surface area contributed by atoms with Gasteiger partial charge in [0.15, 0.2) is 11.5 Å². The number of halogens is 3. The summed E-state index contributed by atoms with van der Waals surface area (Å²) in [5.74, 6) is -0.442. The maximum atomic E-state index is 12.1. The zero-order chi connectivity index (χ0) is 11.8. The Labute approximate surface area is 89.4 Å². The van der Waals surface area contributed by atoms with E-state index in [1.165, 1.54) is 12.1 Å². The van der Waals surface area contributed by atoms with Gasteiger partial charge in [-0.15, -0.1) is 13.2 Å². The lowest BCUT2D eigenvalue weighted by molar-refractivity contribution is -0.275. The Kier molecular flexibility index (Phi) is 2.67. The van der Waals surface area contributed by atoms with Gasteiger partial charge in [-0.05, 0) is 6.07 Å². The van der Waals surface area contributed by atoms with E-state index in [9.17, 15) is 18.3 Å². The molecule has 0 aliphatic carbocycles. The summed E-state index contributed by atoms with van der Waals surface area (Å²) in [5.41, 5.74) is 0.327. The summed E-state index contributed by atoms with van der Waals surface area (Å²) in [6.07, 6.45) is -5.20. The normalized spacial score (nSPS) is 19.9. The molecule has 0 radical (unpaired) electrons. The predicted octanol–water partition coefficient (Wildman–Crippen LogP) is 2.40. The van der Waals surface area contributed by atoms with E-state index in [2.05, 4.69) is 4.74 Å². The second-order valence-electron chi connectivity index (χ2n) is 3.38. The highest BCUT2D eigenvalue weighted by Crippen LogP contribution is 2.41. The molecule has 2 rings (SSSR count). The van der Waals surface area contributed by atoms with Crippen LogP contribution in [0.4, 0.5) is 13.2 Å². The second kappa shape index (κ2) is 3.86. The number of alkyl halides is 3. The molecule has 88 valence electrons. The first-order valence-electron chi connectivity index (χ1n) is 4.67. The minimum absolute atomic E-state index is 0.0291. The third kappa shape index (κ3) is 2.21. The summed E-state index contributed by atoms with van der Waals surface area (Å²) in [6.45, 7) is 0.173. The van der Waals surface area contributed by atoms with Crippen molar-refractivity contribution in [2.24, 2.45) is 0 Å². The van der Waals surface area contributed by atoms with Gasteiger partial charge in [-0.25, -0.2) is 0 Å². The van der Waals surface area contributed by atoms with Gasteiger partial charge in [0.25, 0.3) is 0 Å². The van der Waals surface area contributed by atoms with Crippen LogP contribution in [0, 0.1) is 0 Å². The second-order valence-corrected chi connectivity index (χ2v) is 3.38. The number of fused-ring (bicyclic) bond motifs is 1. The minimum atomic E-state index is -4.76. The molecule has 1 aromatic carbocycles. The SMILES string of the molecule is OC1CCOc2c(OC(F)(F)F)cccc21. The van der Waals surface area contributed by atoms with Crippen LogP contribution in [0.3, 0.4) is 0 Å². The molecule has 1 N–H and O–H groups in total. The van der Waals surface area contributed by atoms with E-state index >= 15 is 0 Å². The van der Waals surface area contributed by atoms with Crippen LogP contribution in [0.5, 0.6) is 11.5 Å². The standard InChI is InChI=1S/C10H9F3O3/c11-10(12,13)16-8-3-1-2-6-7(14)4-5-15-9(6)8/h1-3,7,14H,4-5H2. The van der Waals surface area contributed by atoms with Crippen molar-refractivity contribution in [3.8, 4) is 11.5 Å². The van der Waals surface area contributed by atoms with Crippen LogP contribution in [0.25, 0.3) is 0 Å². The predicted molar refractivity (Wildman–Crippen MR) is 48.2 cm³/mol. The molecular formula is C10H9F3O3. The highest BCUT2D eigenvalue weighted by atomic mass is 19.4. The summed E-state index contributed by atoms with van der Waals surface area (Å²) in [6, 6.07) is 4.06. The number of benzene rings is 1. The lowest BCUT2D eigenvalue weighted by Gasteiger charge is -2.24. The van der Waals surface area contributed by atoms with E-state index in [-0.39, 0.29) is 12.4 Å². The average Bonchev–Trinajstić information content (AvgIpc) is 2.17. The van der Waals surface area contributed by atoms with E-state index in [0.29, 0.717) is 12.0 Å². The van der Waals surface area contributed by atoms with Gasteiger partial charge in [-0.1, -0.05) is 12.1 Å². The van der Waals surface area contributed by atoms with Crippen LogP contribution in [-0.4, -0.2) is 18.1 Å². The molecule has 0 saturated heterocycles. The molecule has 1 aliphatic heterocycles. The van der Waals surface area contributed by atoms with Crippen molar-refractivity contribution in [1.29, 1.82) is 0 Å². The Bertz CT molecular complexity index is 389. The molecule has 16 heavy (non-hydrogen) atoms. The van der Waals surface area contributed by atoms with Gasteiger partial charge in [0.1, 0.15) is 0 Å². The Morgan fingerprint density at radius 1 is 1.38 bits per heavy atom. The van der Waals surface area contributed by atoms with Crippen LogP contribution < -0.4 is 9.47 Å². The molecule has 3 nitrogen and oxygen atoms in total. The first-order chi connectivity index (χ1) is 7.47. The van der Waals surface area contributed by atoms with E-state index in [1.54, 1.807) is 0 Å². The monoisotopic (exact) mass is 234 g/mol. The first kappa shape index (κ1) is 11.1. The zero-order valence-corrected chi connectivity index (χ0v) is 8.12. The van der Waals surface area contributed by atoms with Crippen molar-refractivity contribution in [2.75, 3.05) is 6.61 Å². The molecule has 0 spiro atoms. The summed E-state index contributed by atoms with van der Waals surface area (Å²) < 4.78 is 45.1. The topological polar surface area (TPSA) is 38.7 Å². The van der Waals surface area contributed by atoms with Crippen molar-refractivity contribution in [3.63, 3.8) is 0 Å². The van der Waals surface area contributed by atoms with E-state index in [4.69, 9.17) is 4.74 Å². The van der Waals surface area contributed by atoms with Gasteiger partial charge in [0.2, 0.25) is 0 Å². The largest absolute Gasteiger partial charge is 0.573 e. The van der Waals surface area contributed by atoms with Crippen LogP contribution in [0.2, 0.25) is 0 Å². The van der Waals surface area contributed by atoms with E-state index < -0.39 is 18.2 Å². The van der Waals surface area contributed by atoms with Crippen molar-refractivity contribution in [2.45, 2.75) is 18.9 Å². The third-order valence-electron chi connectivity index (χ3n) is 2.23. The molecule has 0 amide bonds. The summed E-state index contributed by atoms with van der Waals surface area (Å²) in [4.78, 5) is 0. The Balaban J connectivity index is 2.36. The van der Waals surface area contributed by atoms with Crippen molar-refractivity contribution >= 4 is 0 Å². The Morgan fingerprint density at radius 3 is 2.81 bits per heavy atom. The van der Waals surface area contributed by atoms with Gasteiger partial charge < -0.3 is 14.6 Å². The first-order valence-corrected chi connectivity index (χ1v) is 4.67. The maximum absolute atomic E-state index is 12.1. The fourth-order valence-corrected chi connectivity index (χ4v) is 1.58. The summed E-state index contributed by atoms with van der Waals surface area (Å²) in [5, 5.41) is 9.57. The lowest BCUT2D eigenvalue weighted by Crippen LogP contribution is -2.20.